The Kier molecular flexibility index (Phi) is 35.4. The van der Waals surface area contributed by atoms with Gasteiger partial charge in [-0.2, -0.15) is 0 Å². The maximum atomic E-state index is 11.6. The van der Waals surface area contributed by atoms with Gasteiger partial charge in [0.2, 0.25) is 0 Å². The third-order valence-corrected chi connectivity index (χ3v) is 8.09. The standard InChI is InChI=1S/C22H34N2OS.C8H10O.3C2H6.CH4O.Re.H/c1-22(2)15-19(26-18-10-6-5-7-11-18)14-21(24-4)20(22)13-17(16-25)9-8-12-23-3;1-8(7-9)5-3-2-4-6-8;4*1-2;;/h5-7,10-11,14,16-17,19-20,23-24H,8-9,12-13,15H2,1-4H3;3-7H,2H2,1H3;3*1-2H3;2H,1H3;;/t17?,19?,20-;;;;;;;/m0......./s1. The average Bonchev–Trinajstić information content (AvgIpc) is 3.06. The van der Waals surface area contributed by atoms with Gasteiger partial charge in [-0.1, -0.05) is 104 Å². The van der Waals surface area contributed by atoms with Crippen molar-refractivity contribution in [1.82, 2.24) is 10.6 Å². The predicted octanol–water partition coefficient (Wildman–Crippen LogP) is 8.63. The number of aliphatic hydroxyl groups is 1. The van der Waals surface area contributed by atoms with Crippen LogP contribution in [0.1, 0.15) is 94.4 Å². The van der Waals surface area contributed by atoms with E-state index in [-0.39, 0.29) is 37.2 Å². The molecule has 2 aliphatic rings. The van der Waals surface area contributed by atoms with Crippen LogP contribution in [0.25, 0.3) is 0 Å². The third kappa shape index (κ3) is 20.5. The van der Waals surface area contributed by atoms with E-state index in [1.54, 1.807) is 0 Å². The van der Waals surface area contributed by atoms with Crippen molar-refractivity contribution in [2.45, 2.75) is 105 Å². The van der Waals surface area contributed by atoms with Crippen LogP contribution >= 0.6 is 11.8 Å². The number of hydrogen-bond acceptors (Lipinski definition) is 6. The first-order chi connectivity index (χ1) is 20.8. The molecule has 1 aromatic carbocycles. The Bertz CT molecular complexity index is 876. The van der Waals surface area contributed by atoms with Crippen LogP contribution in [0.4, 0.5) is 0 Å². The summed E-state index contributed by atoms with van der Waals surface area (Å²) in [6, 6.07) is 10.6. The number of aldehydes is 2. The molecular formula is C37H67N2O3ReS. The van der Waals surface area contributed by atoms with Gasteiger partial charge in [-0.25, -0.2) is 0 Å². The van der Waals surface area contributed by atoms with Crippen LogP contribution in [0.2, 0.25) is 0 Å². The topological polar surface area (TPSA) is 78.4 Å². The van der Waals surface area contributed by atoms with Crippen molar-refractivity contribution in [2.24, 2.45) is 22.7 Å². The van der Waals surface area contributed by atoms with Crippen molar-refractivity contribution in [3.05, 3.63) is 66.4 Å². The van der Waals surface area contributed by atoms with Crippen LogP contribution in [0, 0.1) is 22.7 Å². The molecule has 0 spiro atoms. The maximum absolute atomic E-state index is 11.6. The van der Waals surface area contributed by atoms with E-state index in [1.165, 1.54) is 16.9 Å². The molecule has 5 nitrogen and oxygen atoms in total. The van der Waals surface area contributed by atoms with Crippen LogP contribution in [-0.4, -0.2) is 50.7 Å². The van der Waals surface area contributed by atoms with Crippen molar-refractivity contribution >= 4 is 24.3 Å². The Labute approximate surface area is 290 Å². The van der Waals surface area contributed by atoms with Crippen LogP contribution in [0.5, 0.6) is 0 Å². The zero-order valence-corrected chi connectivity index (χ0v) is 33.7. The molecule has 256 valence electrons. The van der Waals surface area contributed by atoms with Gasteiger partial charge in [0, 0.05) is 41.8 Å². The fraction of sp³-hybridized carbons (Fsp3) is 0.622. The van der Waals surface area contributed by atoms with Crippen LogP contribution in [-0.2, 0) is 30.0 Å². The molecule has 3 atom stereocenters. The molecule has 0 saturated carbocycles. The van der Waals surface area contributed by atoms with E-state index in [0.717, 1.165) is 52.0 Å². The molecule has 0 aliphatic heterocycles. The van der Waals surface area contributed by atoms with E-state index >= 15 is 0 Å². The Morgan fingerprint density at radius 2 is 1.50 bits per heavy atom. The SMILES string of the molecule is CC.CC.CC.CC1(C=O)C=CCC=C1.CNCCCC(C=O)C[C@H]1C(NC)=CC(Sc2ccccc2)CC1(C)C.CO.[ReH]. The summed E-state index contributed by atoms with van der Waals surface area (Å²) in [7, 11) is 4.98. The van der Waals surface area contributed by atoms with Crippen LogP contribution in [0.3, 0.4) is 0 Å². The van der Waals surface area contributed by atoms with Gasteiger partial charge in [-0.05, 0) is 70.2 Å². The number of carbonyl (C=O) groups is 2. The van der Waals surface area contributed by atoms with Gasteiger partial charge in [0.1, 0.15) is 12.6 Å². The summed E-state index contributed by atoms with van der Waals surface area (Å²) in [4.78, 5) is 23.3. The molecule has 3 N–H and O–H groups in total. The van der Waals surface area contributed by atoms with Gasteiger partial charge in [-0.3, -0.25) is 0 Å². The second-order valence-corrected chi connectivity index (χ2v) is 11.8. The minimum absolute atomic E-state index is 0. The summed E-state index contributed by atoms with van der Waals surface area (Å²) in [6.07, 6.45) is 17.5. The first-order valence-corrected chi connectivity index (χ1v) is 17.1. The van der Waals surface area contributed by atoms with Crippen molar-refractivity contribution in [3.63, 3.8) is 0 Å². The van der Waals surface area contributed by atoms with Gasteiger partial charge in [0.05, 0.1) is 5.41 Å². The number of aliphatic hydroxyl groups excluding tert-OH is 1. The Hall–Kier alpha value is -1.49. The van der Waals surface area contributed by atoms with Crippen LogP contribution < -0.4 is 10.6 Å². The number of benzene rings is 1. The number of carbonyl (C=O) groups excluding carboxylic acids is 2. The molecule has 0 amide bonds. The molecule has 3 rings (SSSR count). The molecule has 0 bridgehead atoms. The van der Waals surface area contributed by atoms with E-state index in [4.69, 9.17) is 5.11 Å². The zero-order chi connectivity index (χ0) is 33.7. The summed E-state index contributed by atoms with van der Waals surface area (Å²) in [5, 5.41) is 14.1. The van der Waals surface area contributed by atoms with Crippen molar-refractivity contribution in [1.29, 1.82) is 0 Å². The second kappa shape index (κ2) is 31.5. The number of rotatable bonds is 11. The normalized spacial score (nSPS) is 18.7. The molecule has 0 fully saturated rings. The van der Waals surface area contributed by atoms with Crippen molar-refractivity contribution in [2.75, 3.05) is 27.7 Å². The molecule has 0 aromatic heterocycles. The average molecular weight is 806 g/mol. The first-order valence-electron chi connectivity index (χ1n) is 16.2. The molecule has 2 aliphatic carbocycles. The minimum atomic E-state index is -0.321. The second-order valence-electron chi connectivity index (χ2n) is 10.5. The molecule has 1 radical (unpaired) electrons. The van der Waals surface area contributed by atoms with E-state index in [9.17, 15) is 9.59 Å². The fourth-order valence-corrected chi connectivity index (χ4v) is 6.24. The summed E-state index contributed by atoms with van der Waals surface area (Å²) >= 11 is 1.94. The van der Waals surface area contributed by atoms with Crippen molar-refractivity contribution in [3.8, 4) is 0 Å². The molecule has 2 unspecified atom stereocenters. The Morgan fingerprint density at radius 3 is 1.93 bits per heavy atom. The van der Waals surface area contributed by atoms with E-state index in [1.807, 2.05) is 98.6 Å². The number of allylic oxidation sites excluding steroid dienone is 5. The molecule has 44 heavy (non-hydrogen) atoms. The first kappa shape index (κ1) is 49.4. The van der Waals surface area contributed by atoms with Crippen LogP contribution in [0.15, 0.2) is 71.3 Å². The van der Waals surface area contributed by atoms with E-state index < -0.39 is 0 Å². The summed E-state index contributed by atoms with van der Waals surface area (Å²) in [6.45, 7) is 19.6. The predicted molar refractivity (Wildman–Crippen MR) is 193 cm³/mol. The van der Waals surface area contributed by atoms with Gasteiger partial charge >= 0.3 is 20.4 Å². The number of hydrogen-bond donors (Lipinski definition) is 3. The Morgan fingerprint density at radius 1 is 0.955 bits per heavy atom. The van der Waals surface area contributed by atoms with Crippen molar-refractivity contribution < 1.29 is 35.1 Å². The molecule has 0 heterocycles. The molecular weight excluding hydrogens is 739 g/mol. The summed E-state index contributed by atoms with van der Waals surface area (Å²) < 4.78 is 0. The van der Waals surface area contributed by atoms with Gasteiger partial charge < -0.3 is 25.3 Å². The number of nitrogens with one attached hydrogen (secondary N) is 2. The quantitative estimate of drug-likeness (QED) is 0.118. The van der Waals surface area contributed by atoms with E-state index in [2.05, 4.69) is 60.9 Å². The summed E-state index contributed by atoms with van der Waals surface area (Å²) in [5.74, 6) is 0.549. The van der Waals surface area contributed by atoms with Gasteiger partial charge in [0.25, 0.3) is 0 Å². The summed E-state index contributed by atoms with van der Waals surface area (Å²) in [5.41, 5.74) is 1.15. The Balaban J connectivity index is -0.000000370. The van der Waals surface area contributed by atoms with Gasteiger partial charge in [-0.15, -0.1) is 11.8 Å². The zero-order valence-electron chi connectivity index (χ0n) is 30.0. The molecule has 7 heteroatoms. The monoisotopic (exact) mass is 806 g/mol. The number of thioether (sulfide) groups is 1. The molecule has 1 aromatic rings. The molecule has 0 saturated heterocycles. The fourth-order valence-electron chi connectivity index (χ4n) is 4.85. The van der Waals surface area contributed by atoms with Gasteiger partial charge in [0.15, 0.2) is 0 Å². The van der Waals surface area contributed by atoms with E-state index in [0.29, 0.717) is 11.2 Å². The third-order valence-electron chi connectivity index (χ3n) is 6.94.